The molecule has 0 bridgehead atoms. The number of nitrogens with one attached hydrogen (secondary N) is 2. The second kappa shape index (κ2) is 7.45. The standard InChI is InChI=1S/C17H20F3N5O/c1-12-3-2-6-24(8-12)9-16(26)23-14-7-13(17(18,19)20)4-5-15(14)25-11-21-10-22-25/h4-5,7,10-12H,2-3,6,8-9H2,1H3,(H,23,26)/p+1/t12-/m0/s1. The van der Waals surface area contributed by atoms with Crippen LogP contribution in [0.1, 0.15) is 25.3 Å². The summed E-state index contributed by atoms with van der Waals surface area (Å²) in [5.41, 5.74) is -0.416. The van der Waals surface area contributed by atoms with E-state index in [9.17, 15) is 18.0 Å². The molecule has 0 saturated carbocycles. The predicted molar refractivity (Wildman–Crippen MR) is 89.0 cm³/mol. The molecule has 1 saturated heterocycles. The van der Waals surface area contributed by atoms with Crippen LogP contribution in [-0.4, -0.2) is 40.3 Å². The fourth-order valence-electron chi connectivity index (χ4n) is 3.32. The quantitative estimate of drug-likeness (QED) is 0.861. The van der Waals surface area contributed by atoms with Crippen LogP contribution in [0.3, 0.4) is 0 Å². The molecule has 9 heteroatoms. The minimum Gasteiger partial charge on any atom is -0.327 e. The Morgan fingerprint density at radius 1 is 1.42 bits per heavy atom. The second-order valence-electron chi connectivity index (χ2n) is 6.75. The lowest BCUT2D eigenvalue weighted by Crippen LogP contribution is -3.14. The molecule has 2 atom stereocenters. The summed E-state index contributed by atoms with van der Waals surface area (Å²) in [6.07, 6.45) is 0.360. The lowest BCUT2D eigenvalue weighted by Gasteiger charge is -2.27. The van der Waals surface area contributed by atoms with Crippen molar-refractivity contribution in [3.05, 3.63) is 36.4 Å². The van der Waals surface area contributed by atoms with Crippen molar-refractivity contribution in [3.63, 3.8) is 0 Å². The van der Waals surface area contributed by atoms with Crippen molar-refractivity contribution in [2.24, 2.45) is 5.92 Å². The van der Waals surface area contributed by atoms with Crippen molar-refractivity contribution >= 4 is 11.6 Å². The Hall–Kier alpha value is -2.42. The van der Waals surface area contributed by atoms with Gasteiger partial charge < -0.3 is 10.2 Å². The Bertz CT molecular complexity index is 760. The van der Waals surface area contributed by atoms with E-state index < -0.39 is 11.7 Å². The van der Waals surface area contributed by atoms with Gasteiger partial charge in [0.15, 0.2) is 6.54 Å². The number of anilines is 1. The van der Waals surface area contributed by atoms with Crippen LogP contribution in [-0.2, 0) is 11.0 Å². The minimum atomic E-state index is -4.49. The monoisotopic (exact) mass is 368 g/mol. The molecule has 1 unspecified atom stereocenters. The Balaban J connectivity index is 1.81. The van der Waals surface area contributed by atoms with Crippen molar-refractivity contribution in [3.8, 4) is 5.69 Å². The summed E-state index contributed by atoms with van der Waals surface area (Å²) in [6.45, 7) is 4.17. The zero-order chi connectivity index (χ0) is 18.7. The molecule has 1 aliphatic rings. The Kier molecular flexibility index (Phi) is 5.26. The van der Waals surface area contributed by atoms with E-state index >= 15 is 0 Å². The van der Waals surface area contributed by atoms with E-state index in [1.807, 2.05) is 0 Å². The first-order chi connectivity index (χ1) is 12.3. The van der Waals surface area contributed by atoms with Crippen molar-refractivity contribution < 1.29 is 22.9 Å². The molecule has 1 aromatic heterocycles. The van der Waals surface area contributed by atoms with Crippen LogP contribution in [0, 0.1) is 5.92 Å². The largest absolute Gasteiger partial charge is 0.416 e. The summed E-state index contributed by atoms with van der Waals surface area (Å²) in [7, 11) is 0. The van der Waals surface area contributed by atoms with Crippen molar-refractivity contribution in [1.29, 1.82) is 0 Å². The van der Waals surface area contributed by atoms with Crippen LogP contribution in [0.5, 0.6) is 0 Å². The van der Waals surface area contributed by atoms with Crippen LogP contribution >= 0.6 is 0 Å². The van der Waals surface area contributed by atoms with E-state index in [1.54, 1.807) is 0 Å². The third kappa shape index (κ3) is 4.40. The molecule has 3 rings (SSSR count). The maximum absolute atomic E-state index is 13.0. The number of likely N-dealkylation sites (tertiary alicyclic amines) is 1. The maximum Gasteiger partial charge on any atom is 0.416 e. The Morgan fingerprint density at radius 2 is 2.23 bits per heavy atom. The van der Waals surface area contributed by atoms with Gasteiger partial charge in [0.2, 0.25) is 0 Å². The third-order valence-electron chi connectivity index (χ3n) is 4.54. The lowest BCUT2D eigenvalue weighted by atomic mass is 10.0. The van der Waals surface area contributed by atoms with Gasteiger partial charge in [-0.2, -0.15) is 18.3 Å². The number of benzene rings is 1. The van der Waals surface area contributed by atoms with E-state index in [0.29, 0.717) is 11.6 Å². The van der Waals surface area contributed by atoms with E-state index in [-0.39, 0.29) is 18.1 Å². The van der Waals surface area contributed by atoms with E-state index in [1.165, 1.54) is 23.4 Å². The summed E-state index contributed by atoms with van der Waals surface area (Å²) in [4.78, 5) is 17.4. The van der Waals surface area contributed by atoms with Gasteiger partial charge in [0.05, 0.1) is 30.0 Å². The highest BCUT2D eigenvalue weighted by atomic mass is 19.4. The molecule has 0 spiro atoms. The SMILES string of the molecule is C[C@H]1CCC[NH+](CC(=O)Nc2cc(C(F)(F)F)ccc2-n2cncn2)C1. The molecule has 2 aromatic rings. The number of rotatable bonds is 4. The maximum atomic E-state index is 13.0. The van der Waals surface area contributed by atoms with Crippen molar-refractivity contribution in [2.75, 3.05) is 25.0 Å². The van der Waals surface area contributed by atoms with Crippen LogP contribution in [0.25, 0.3) is 5.69 Å². The molecule has 26 heavy (non-hydrogen) atoms. The van der Waals surface area contributed by atoms with Crippen LogP contribution in [0.15, 0.2) is 30.9 Å². The first kappa shape index (κ1) is 18.4. The van der Waals surface area contributed by atoms with Gasteiger partial charge in [-0.15, -0.1) is 0 Å². The molecule has 6 nitrogen and oxygen atoms in total. The number of aromatic nitrogens is 3. The first-order valence-corrected chi connectivity index (χ1v) is 8.52. The lowest BCUT2D eigenvalue weighted by molar-refractivity contribution is -0.900. The third-order valence-corrected chi connectivity index (χ3v) is 4.54. The van der Waals surface area contributed by atoms with E-state index in [0.717, 1.165) is 43.0 Å². The van der Waals surface area contributed by atoms with Crippen molar-refractivity contribution in [2.45, 2.75) is 25.9 Å². The van der Waals surface area contributed by atoms with Gasteiger partial charge in [-0.3, -0.25) is 4.79 Å². The summed E-state index contributed by atoms with van der Waals surface area (Å²) >= 11 is 0. The summed E-state index contributed by atoms with van der Waals surface area (Å²) < 4.78 is 40.5. The van der Waals surface area contributed by atoms with Crippen molar-refractivity contribution in [1.82, 2.24) is 14.8 Å². The van der Waals surface area contributed by atoms with Gasteiger partial charge in [0.1, 0.15) is 12.7 Å². The number of amides is 1. The molecule has 2 heterocycles. The molecular formula is C17H21F3N5O+. The summed E-state index contributed by atoms with van der Waals surface area (Å²) in [5.74, 6) is 0.237. The number of carbonyl (C=O) groups is 1. The molecule has 140 valence electrons. The molecular weight excluding hydrogens is 347 g/mol. The molecule has 0 radical (unpaired) electrons. The fourth-order valence-corrected chi connectivity index (χ4v) is 3.32. The van der Waals surface area contributed by atoms with Gasteiger partial charge in [-0.25, -0.2) is 9.67 Å². The van der Waals surface area contributed by atoms with Gasteiger partial charge in [-0.05, 0) is 31.0 Å². The number of nitrogens with zero attached hydrogens (tertiary/aromatic N) is 3. The number of carbonyl (C=O) groups excluding carboxylic acids is 1. The Labute approximate surface area is 149 Å². The number of halogens is 3. The highest BCUT2D eigenvalue weighted by Crippen LogP contribution is 2.33. The minimum absolute atomic E-state index is 0.0692. The number of hydrogen-bond donors (Lipinski definition) is 2. The molecule has 1 aliphatic heterocycles. The number of hydrogen-bond acceptors (Lipinski definition) is 3. The highest BCUT2D eigenvalue weighted by molar-refractivity contribution is 5.93. The highest BCUT2D eigenvalue weighted by Gasteiger charge is 2.31. The molecule has 1 fully saturated rings. The number of piperidine rings is 1. The average Bonchev–Trinajstić information content (AvgIpc) is 3.08. The van der Waals surface area contributed by atoms with E-state index in [2.05, 4.69) is 22.3 Å². The average molecular weight is 368 g/mol. The van der Waals surface area contributed by atoms with E-state index in [4.69, 9.17) is 0 Å². The number of quaternary nitrogens is 1. The summed E-state index contributed by atoms with van der Waals surface area (Å²) in [5, 5.41) is 6.56. The number of alkyl halides is 3. The zero-order valence-electron chi connectivity index (χ0n) is 14.4. The van der Waals surface area contributed by atoms with Gasteiger partial charge in [0.25, 0.3) is 5.91 Å². The van der Waals surface area contributed by atoms with Gasteiger partial charge >= 0.3 is 6.18 Å². The van der Waals surface area contributed by atoms with Crippen LogP contribution < -0.4 is 10.2 Å². The molecule has 1 amide bonds. The molecule has 1 aromatic carbocycles. The van der Waals surface area contributed by atoms with Gasteiger partial charge in [-0.1, -0.05) is 6.92 Å². The Morgan fingerprint density at radius 3 is 2.88 bits per heavy atom. The van der Waals surface area contributed by atoms with Crippen LogP contribution in [0.4, 0.5) is 18.9 Å². The zero-order valence-corrected chi connectivity index (χ0v) is 14.4. The van der Waals surface area contributed by atoms with Crippen LogP contribution in [0.2, 0.25) is 0 Å². The topological polar surface area (TPSA) is 64.2 Å². The fraction of sp³-hybridized carbons (Fsp3) is 0.471. The second-order valence-corrected chi connectivity index (χ2v) is 6.75. The molecule has 2 N–H and O–H groups in total. The van der Waals surface area contributed by atoms with Gasteiger partial charge in [0, 0.05) is 5.92 Å². The smallest absolute Gasteiger partial charge is 0.327 e. The normalized spacial score (nSPS) is 20.8. The predicted octanol–water partition coefficient (Wildman–Crippen LogP) is 1.54. The molecule has 0 aliphatic carbocycles. The first-order valence-electron chi connectivity index (χ1n) is 8.52. The summed E-state index contributed by atoms with van der Waals surface area (Å²) in [6, 6.07) is 3.18.